The van der Waals surface area contributed by atoms with Gasteiger partial charge in [0.1, 0.15) is 5.75 Å². The van der Waals surface area contributed by atoms with Gasteiger partial charge in [0.2, 0.25) is 0 Å². The molecule has 4 rings (SSSR count). The lowest BCUT2D eigenvalue weighted by atomic mass is 9.74. The Hall–Kier alpha value is -1.84. The Morgan fingerprint density at radius 3 is 2.82 bits per heavy atom. The van der Waals surface area contributed by atoms with E-state index < -0.39 is 17.5 Å². The summed E-state index contributed by atoms with van der Waals surface area (Å²) in [5.41, 5.74) is 0.459. The summed E-state index contributed by atoms with van der Waals surface area (Å²) in [6.07, 6.45) is 2.52. The fourth-order valence-corrected chi connectivity index (χ4v) is 6.73. The molecule has 1 saturated heterocycles. The van der Waals surface area contributed by atoms with E-state index in [0.29, 0.717) is 47.5 Å². The number of carbonyl (C=O) groups is 1. The molecule has 0 aliphatic carbocycles. The van der Waals surface area contributed by atoms with Gasteiger partial charge in [-0.05, 0) is 68.4 Å². The van der Waals surface area contributed by atoms with Gasteiger partial charge < -0.3 is 19.8 Å². The van der Waals surface area contributed by atoms with Gasteiger partial charge in [-0.1, -0.05) is 17.7 Å². The number of halogens is 1. The molecule has 0 bridgehead atoms. The van der Waals surface area contributed by atoms with Crippen LogP contribution in [0.1, 0.15) is 37.4 Å². The van der Waals surface area contributed by atoms with Crippen LogP contribution in [0.5, 0.6) is 5.75 Å². The molecule has 6 nitrogen and oxygen atoms in total. The smallest absolute Gasteiger partial charge is 0.309 e. The summed E-state index contributed by atoms with van der Waals surface area (Å²) in [6.45, 7) is 2.45. The number of thioether (sulfide) groups is 1. The van der Waals surface area contributed by atoms with Crippen molar-refractivity contribution < 1.29 is 19.7 Å². The fraction of sp³-hybridized carbons (Fsp3) is 0.440. The van der Waals surface area contributed by atoms with Crippen molar-refractivity contribution in [2.45, 2.75) is 36.0 Å². The van der Waals surface area contributed by atoms with Gasteiger partial charge >= 0.3 is 5.97 Å². The average molecular weight is 521 g/mol. The molecule has 2 aromatic heterocycles. The maximum Gasteiger partial charge on any atom is 0.309 e. The number of pyridine rings is 1. The zero-order valence-corrected chi connectivity index (χ0v) is 21.5. The number of fused-ring (bicyclic) bond motifs is 1. The van der Waals surface area contributed by atoms with Crippen LogP contribution >= 0.6 is 34.7 Å². The number of carboxylic acid groups (broad SMARTS) is 1. The zero-order chi connectivity index (χ0) is 24.1. The molecule has 34 heavy (non-hydrogen) atoms. The van der Waals surface area contributed by atoms with Gasteiger partial charge in [-0.3, -0.25) is 9.78 Å². The number of ether oxygens (including phenoxy) is 1. The van der Waals surface area contributed by atoms with Crippen LogP contribution in [0.25, 0.3) is 10.9 Å². The number of aliphatic hydroxyl groups is 1. The van der Waals surface area contributed by atoms with E-state index in [9.17, 15) is 15.0 Å². The molecule has 1 aliphatic heterocycles. The molecule has 1 unspecified atom stereocenters. The van der Waals surface area contributed by atoms with Crippen LogP contribution < -0.4 is 4.74 Å². The Kier molecular flexibility index (Phi) is 8.37. The number of aliphatic carboxylic acids is 1. The van der Waals surface area contributed by atoms with Crippen molar-refractivity contribution >= 4 is 51.6 Å². The topological polar surface area (TPSA) is 82.9 Å². The first kappa shape index (κ1) is 25.3. The average Bonchev–Trinajstić information content (AvgIpc) is 3.36. The number of nitrogens with zero attached hydrogens (tertiary/aromatic N) is 2. The maximum absolute atomic E-state index is 12.3. The van der Waals surface area contributed by atoms with Gasteiger partial charge in [0.05, 0.1) is 33.4 Å². The van der Waals surface area contributed by atoms with E-state index in [4.69, 9.17) is 16.3 Å². The molecule has 3 aromatic rings. The minimum absolute atomic E-state index is 0.316. The molecule has 0 saturated carbocycles. The Morgan fingerprint density at radius 2 is 2.15 bits per heavy atom. The van der Waals surface area contributed by atoms with Crippen LogP contribution in [0.15, 0.2) is 46.1 Å². The fourth-order valence-electron chi connectivity index (χ4n) is 4.59. The number of hydrogen-bond acceptors (Lipinski definition) is 7. The van der Waals surface area contributed by atoms with Crippen LogP contribution in [0, 0.1) is 5.41 Å². The monoisotopic (exact) mass is 520 g/mol. The van der Waals surface area contributed by atoms with E-state index in [1.54, 1.807) is 18.4 Å². The third-order valence-electron chi connectivity index (χ3n) is 6.71. The Bertz CT molecular complexity index is 1120. The molecule has 0 spiro atoms. The molecule has 0 amide bonds. The first-order valence-electron chi connectivity index (χ1n) is 11.3. The highest BCUT2D eigenvalue weighted by Crippen LogP contribution is 2.41. The summed E-state index contributed by atoms with van der Waals surface area (Å²) in [4.78, 5) is 19.0. The van der Waals surface area contributed by atoms with E-state index in [2.05, 4.69) is 27.4 Å². The van der Waals surface area contributed by atoms with Gasteiger partial charge in [-0.15, -0.1) is 23.1 Å². The lowest BCUT2D eigenvalue weighted by molar-refractivity contribution is -0.153. The zero-order valence-electron chi connectivity index (χ0n) is 19.1. The summed E-state index contributed by atoms with van der Waals surface area (Å²) in [6, 6.07) is 9.63. The highest BCUT2D eigenvalue weighted by Gasteiger charge is 2.41. The SMILES string of the molecule is COc1ccc2ncc(Cl)c(C(O)CCC3(C(=O)O)CCN(CCSc4cccs4)CC3)c2c1. The largest absolute Gasteiger partial charge is 0.497 e. The third kappa shape index (κ3) is 5.69. The molecule has 3 heterocycles. The Balaban J connectivity index is 1.39. The minimum Gasteiger partial charge on any atom is -0.497 e. The number of thiophene rings is 1. The van der Waals surface area contributed by atoms with Gasteiger partial charge in [0.25, 0.3) is 0 Å². The van der Waals surface area contributed by atoms with Crippen LogP contribution in [0.3, 0.4) is 0 Å². The highest BCUT2D eigenvalue weighted by atomic mass is 35.5. The second-order valence-corrected chi connectivity index (χ2v) is 11.4. The summed E-state index contributed by atoms with van der Waals surface area (Å²) in [5.74, 6) is 0.868. The quantitative estimate of drug-likeness (QED) is 0.330. The lowest BCUT2D eigenvalue weighted by Gasteiger charge is -2.39. The molecular formula is C25H29ClN2O4S2. The number of carboxylic acids is 1. The number of rotatable bonds is 10. The molecule has 1 aliphatic rings. The summed E-state index contributed by atoms with van der Waals surface area (Å²) < 4.78 is 6.63. The Morgan fingerprint density at radius 1 is 1.35 bits per heavy atom. The summed E-state index contributed by atoms with van der Waals surface area (Å²) >= 11 is 10.0. The third-order valence-corrected chi connectivity index (χ3v) is 9.12. The van der Waals surface area contributed by atoms with Crippen molar-refractivity contribution in [3.8, 4) is 5.75 Å². The maximum atomic E-state index is 12.3. The van der Waals surface area contributed by atoms with Gasteiger partial charge in [0, 0.05) is 29.4 Å². The lowest BCUT2D eigenvalue weighted by Crippen LogP contribution is -2.45. The van der Waals surface area contributed by atoms with Gasteiger partial charge in [-0.25, -0.2) is 0 Å². The number of hydrogen-bond donors (Lipinski definition) is 2. The van der Waals surface area contributed by atoms with E-state index in [1.807, 2.05) is 30.0 Å². The van der Waals surface area contributed by atoms with E-state index in [1.165, 1.54) is 10.4 Å². The van der Waals surface area contributed by atoms with Crippen molar-refractivity contribution in [1.29, 1.82) is 0 Å². The highest BCUT2D eigenvalue weighted by molar-refractivity contribution is 8.01. The molecule has 1 aromatic carbocycles. The number of aliphatic hydroxyl groups excluding tert-OH is 1. The first-order valence-corrected chi connectivity index (χ1v) is 13.6. The van der Waals surface area contributed by atoms with Crippen molar-refractivity contribution in [2.75, 3.05) is 32.5 Å². The van der Waals surface area contributed by atoms with Gasteiger partial charge in [0.15, 0.2) is 0 Å². The van der Waals surface area contributed by atoms with E-state index >= 15 is 0 Å². The summed E-state index contributed by atoms with van der Waals surface area (Å²) in [7, 11) is 1.58. The normalized spacial score (nSPS) is 17.0. The van der Waals surface area contributed by atoms with Gasteiger partial charge in [-0.2, -0.15) is 0 Å². The number of piperidine rings is 1. The number of aromatic nitrogens is 1. The molecule has 1 fully saturated rings. The number of likely N-dealkylation sites (tertiary alicyclic amines) is 1. The molecule has 0 radical (unpaired) electrons. The minimum atomic E-state index is -0.887. The van der Waals surface area contributed by atoms with Crippen molar-refractivity contribution in [3.63, 3.8) is 0 Å². The van der Waals surface area contributed by atoms with Crippen molar-refractivity contribution in [2.24, 2.45) is 5.41 Å². The second kappa shape index (κ2) is 11.3. The summed E-state index contributed by atoms with van der Waals surface area (Å²) in [5, 5.41) is 24.4. The number of benzene rings is 1. The predicted molar refractivity (Wildman–Crippen MR) is 138 cm³/mol. The first-order chi connectivity index (χ1) is 16.4. The van der Waals surface area contributed by atoms with Crippen LogP contribution in [-0.2, 0) is 4.79 Å². The molecule has 9 heteroatoms. The van der Waals surface area contributed by atoms with Crippen molar-refractivity contribution in [1.82, 2.24) is 9.88 Å². The van der Waals surface area contributed by atoms with Crippen molar-refractivity contribution in [3.05, 3.63) is 52.5 Å². The predicted octanol–water partition coefficient (Wildman–Crippen LogP) is 5.73. The second-order valence-electron chi connectivity index (χ2n) is 8.67. The van der Waals surface area contributed by atoms with Crippen LogP contribution in [-0.4, -0.2) is 58.6 Å². The molecule has 2 N–H and O–H groups in total. The standard InChI is InChI=1S/C25H29ClN2O4S2/c1-32-17-4-5-20-18(15-17)23(19(26)16-27-20)21(29)6-7-25(24(30)31)8-10-28(11-9-25)12-14-34-22-3-2-13-33-22/h2-5,13,15-16,21,29H,6-12,14H2,1H3,(H,30,31). The van der Waals surface area contributed by atoms with Crippen LogP contribution in [0.4, 0.5) is 0 Å². The molecule has 182 valence electrons. The van der Waals surface area contributed by atoms with Crippen LogP contribution in [0.2, 0.25) is 5.02 Å². The number of methoxy groups -OCH3 is 1. The van der Waals surface area contributed by atoms with E-state index in [0.717, 1.165) is 30.8 Å². The molecular weight excluding hydrogens is 492 g/mol. The van der Waals surface area contributed by atoms with E-state index in [-0.39, 0.29) is 0 Å². The molecule has 1 atom stereocenters. The Labute approximate surface area is 212 Å².